The lowest BCUT2D eigenvalue weighted by atomic mass is 10.2. The van der Waals surface area contributed by atoms with Crippen LogP contribution in [0, 0.1) is 11.7 Å². The number of hydrogen-bond acceptors (Lipinski definition) is 3. The number of nitrogens with zero attached hydrogens (tertiary/aromatic N) is 1. The number of halogens is 1. The molecule has 1 aliphatic rings. The van der Waals surface area contributed by atoms with Gasteiger partial charge in [0.1, 0.15) is 10.7 Å². The summed E-state index contributed by atoms with van der Waals surface area (Å²) in [6.07, 6.45) is 2.06. The average molecular weight is 272 g/mol. The monoisotopic (exact) mass is 272 g/mol. The lowest BCUT2D eigenvalue weighted by Gasteiger charge is -2.24. The van der Waals surface area contributed by atoms with Gasteiger partial charge in [-0.1, -0.05) is 0 Å². The van der Waals surface area contributed by atoms with E-state index in [0.717, 1.165) is 18.9 Å². The highest BCUT2D eigenvalue weighted by atomic mass is 32.2. The van der Waals surface area contributed by atoms with Crippen molar-refractivity contribution in [3.05, 3.63) is 24.0 Å². The lowest BCUT2D eigenvalue weighted by molar-refractivity contribution is 0.355. The minimum absolute atomic E-state index is 0.115. The topological polar surface area (TPSA) is 63.4 Å². The average Bonchev–Trinajstić information content (AvgIpc) is 3.14. The summed E-state index contributed by atoms with van der Waals surface area (Å²) in [5.41, 5.74) is 5.76. The molecule has 1 unspecified atom stereocenters. The van der Waals surface area contributed by atoms with E-state index in [9.17, 15) is 12.8 Å². The molecule has 100 valence electrons. The van der Waals surface area contributed by atoms with Crippen LogP contribution in [0.25, 0.3) is 0 Å². The van der Waals surface area contributed by atoms with Gasteiger partial charge in [0.25, 0.3) is 0 Å². The zero-order valence-corrected chi connectivity index (χ0v) is 11.2. The van der Waals surface area contributed by atoms with Crippen molar-refractivity contribution in [1.82, 2.24) is 4.31 Å². The zero-order chi connectivity index (χ0) is 13.5. The summed E-state index contributed by atoms with van der Waals surface area (Å²) in [7, 11) is -2.33. The summed E-state index contributed by atoms with van der Waals surface area (Å²) >= 11 is 0. The molecule has 1 saturated carbocycles. The molecule has 6 heteroatoms. The van der Waals surface area contributed by atoms with Crippen molar-refractivity contribution >= 4 is 15.7 Å². The number of anilines is 1. The molecule has 0 radical (unpaired) electrons. The Kier molecular flexibility index (Phi) is 3.33. The Labute approximate surface area is 107 Å². The molecule has 0 spiro atoms. The van der Waals surface area contributed by atoms with Crippen LogP contribution in [-0.2, 0) is 10.0 Å². The molecule has 1 atom stereocenters. The quantitative estimate of drug-likeness (QED) is 0.850. The van der Waals surface area contributed by atoms with Gasteiger partial charge in [-0.2, -0.15) is 4.31 Å². The Morgan fingerprint density at radius 2 is 2.06 bits per heavy atom. The third kappa shape index (κ3) is 2.35. The standard InChI is InChI=1S/C12H17FN2O2S/c1-8(9-3-4-9)15(2)18(16,17)12-7-10(14)5-6-11(12)13/h5-9H,3-4,14H2,1-2H3. The Morgan fingerprint density at radius 3 is 2.61 bits per heavy atom. The first kappa shape index (κ1) is 13.3. The molecule has 1 aliphatic carbocycles. The first-order valence-corrected chi connectivity index (χ1v) is 7.31. The molecule has 0 aliphatic heterocycles. The van der Waals surface area contributed by atoms with Crippen molar-refractivity contribution in [2.75, 3.05) is 12.8 Å². The number of nitrogens with two attached hydrogens (primary N) is 1. The van der Waals surface area contributed by atoms with E-state index in [1.807, 2.05) is 6.92 Å². The largest absolute Gasteiger partial charge is 0.399 e. The van der Waals surface area contributed by atoms with Gasteiger partial charge in [0.05, 0.1) is 0 Å². The van der Waals surface area contributed by atoms with Gasteiger partial charge in [-0.05, 0) is 43.9 Å². The number of benzene rings is 1. The highest BCUT2D eigenvalue weighted by Gasteiger charge is 2.36. The van der Waals surface area contributed by atoms with E-state index >= 15 is 0 Å². The van der Waals surface area contributed by atoms with E-state index < -0.39 is 15.8 Å². The van der Waals surface area contributed by atoms with E-state index in [-0.39, 0.29) is 16.6 Å². The minimum Gasteiger partial charge on any atom is -0.399 e. The summed E-state index contributed by atoms with van der Waals surface area (Å²) < 4.78 is 39.5. The van der Waals surface area contributed by atoms with Crippen LogP contribution in [0.4, 0.5) is 10.1 Å². The van der Waals surface area contributed by atoms with E-state index in [0.29, 0.717) is 5.92 Å². The molecule has 1 fully saturated rings. The van der Waals surface area contributed by atoms with Gasteiger partial charge < -0.3 is 5.73 Å². The molecule has 2 rings (SSSR count). The number of nitrogen functional groups attached to an aromatic ring is 1. The SMILES string of the molecule is CC(C1CC1)N(C)S(=O)(=O)c1cc(N)ccc1F. The van der Waals surface area contributed by atoms with Gasteiger partial charge in [0, 0.05) is 18.8 Å². The molecule has 2 N–H and O–H groups in total. The van der Waals surface area contributed by atoms with Crippen LogP contribution < -0.4 is 5.73 Å². The Bertz CT molecular complexity index is 555. The van der Waals surface area contributed by atoms with Gasteiger partial charge >= 0.3 is 0 Å². The van der Waals surface area contributed by atoms with Gasteiger partial charge in [-0.25, -0.2) is 12.8 Å². The van der Waals surface area contributed by atoms with Crippen LogP contribution in [0.3, 0.4) is 0 Å². The van der Waals surface area contributed by atoms with Crippen molar-refractivity contribution < 1.29 is 12.8 Å². The maximum absolute atomic E-state index is 13.6. The van der Waals surface area contributed by atoms with Crippen LogP contribution in [0.1, 0.15) is 19.8 Å². The Balaban J connectivity index is 2.37. The molecule has 1 aromatic rings. The lowest BCUT2D eigenvalue weighted by Crippen LogP contribution is -2.36. The number of rotatable bonds is 4. The van der Waals surface area contributed by atoms with Crippen LogP contribution in [0.15, 0.2) is 23.1 Å². The molecule has 18 heavy (non-hydrogen) atoms. The Morgan fingerprint density at radius 1 is 1.44 bits per heavy atom. The van der Waals surface area contributed by atoms with E-state index in [1.165, 1.54) is 23.5 Å². The summed E-state index contributed by atoms with van der Waals surface area (Å²) in [4.78, 5) is -0.350. The van der Waals surface area contributed by atoms with Gasteiger partial charge in [0.15, 0.2) is 0 Å². The molecule has 0 saturated heterocycles. The highest BCUT2D eigenvalue weighted by molar-refractivity contribution is 7.89. The van der Waals surface area contributed by atoms with Crippen molar-refractivity contribution in [2.24, 2.45) is 5.92 Å². The zero-order valence-electron chi connectivity index (χ0n) is 10.4. The van der Waals surface area contributed by atoms with Crippen molar-refractivity contribution in [3.8, 4) is 0 Å². The second-order valence-corrected chi connectivity index (χ2v) is 6.76. The van der Waals surface area contributed by atoms with Crippen LogP contribution >= 0.6 is 0 Å². The van der Waals surface area contributed by atoms with E-state index in [2.05, 4.69) is 0 Å². The van der Waals surface area contributed by atoms with Crippen molar-refractivity contribution in [3.63, 3.8) is 0 Å². The fraction of sp³-hybridized carbons (Fsp3) is 0.500. The predicted molar refractivity (Wildman–Crippen MR) is 67.9 cm³/mol. The van der Waals surface area contributed by atoms with Crippen molar-refractivity contribution in [1.29, 1.82) is 0 Å². The molecule has 0 amide bonds. The number of sulfonamides is 1. The third-order valence-electron chi connectivity index (χ3n) is 3.49. The second kappa shape index (κ2) is 4.51. The maximum Gasteiger partial charge on any atom is 0.246 e. The smallest absolute Gasteiger partial charge is 0.246 e. The fourth-order valence-electron chi connectivity index (χ4n) is 1.97. The summed E-state index contributed by atoms with van der Waals surface area (Å²) in [5, 5.41) is 0. The van der Waals surface area contributed by atoms with Crippen molar-refractivity contribution in [2.45, 2.75) is 30.7 Å². The fourth-order valence-corrected chi connectivity index (χ4v) is 3.49. The first-order chi connectivity index (χ1) is 8.34. The maximum atomic E-state index is 13.6. The van der Waals surface area contributed by atoms with Crippen LogP contribution in [0.2, 0.25) is 0 Å². The van der Waals surface area contributed by atoms with Gasteiger partial charge in [0.2, 0.25) is 10.0 Å². The number of hydrogen-bond donors (Lipinski definition) is 1. The summed E-state index contributed by atoms with van der Waals surface area (Å²) in [5.74, 6) is -0.382. The van der Waals surface area contributed by atoms with E-state index in [1.54, 1.807) is 0 Å². The molecule has 0 aromatic heterocycles. The Hall–Kier alpha value is -1.14. The summed E-state index contributed by atoms with van der Waals surface area (Å²) in [6.45, 7) is 1.85. The molecule has 4 nitrogen and oxygen atoms in total. The van der Waals surface area contributed by atoms with Gasteiger partial charge in [-0.3, -0.25) is 0 Å². The molecule has 0 bridgehead atoms. The first-order valence-electron chi connectivity index (χ1n) is 5.87. The molecular weight excluding hydrogens is 255 g/mol. The molecule has 0 heterocycles. The molecule has 1 aromatic carbocycles. The minimum atomic E-state index is -3.82. The second-order valence-electron chi connectivity index (χ2n) is 4.79. The van der Waals surface area contributed by atoms with Gasteiger partial charge in [-0.15, -0.1) is 0 Å². The predicted octanol–water partition coefficient (Wildman–Crippen LogP) is 1.83. The van der Waals surface area contributed by atoms with E-state index in [4.69, 9.17) is 5.73 Å². The normalized spacial score (nSPS) is 18.0. The third-order valence-corrected chi connectivity index (χ3v) is 5.45. The van der Waals surface area contributed by atoms with Crippen LogP contribution in [-0.4, -0.2) is 25.8 Å². The van der Waals surface area contributed by atoms with Crippen LogP contribution in [0.5, 0.6) is 0 Å². The highest BCUT2D eigenvalue weighted by Crippen LogP contribution is 2.36. The summed E-state index contributed by atoms with van der Waals surface area (Å²) in [6, 6.07) is 3.48. The molecular formula is C12H17FN2O2S.